The van der Waals surface area contributed by atoms with Crippen LogP contribution in [-0.4, -0.2) is 16.9 Å². The number of carbonyl (C=O) groups is 1. The van der Waals surface area contributed by atoms with Gasteiger partial charge in [0.05, 0.1) is 5.01 Å². The van der Waals surface area contributed by atoms with Crippen LogP contribution in [0.1, 0.15) is 24.3 Å². The predicted octanol–water partition coefficient (Wildman–Crippen LogP) is 0.647. The molecule has 0 aliphatic heterocycles. The zero-order chi connectivity index (χ0) is 12.0. The largest absolute Gasteiger partial charge is 0.370 e. The van der Waals surface area contributed by atoms with Gasteiger partial charge in [0.25, 0.3) is 0 Å². The molecule has 88 valence electrons. The average Bonchev–Trinajstić information content (AvgIpc) is 2.59. The SMILES string of the molecule is N=C(N)Nc1csc(CCCCC(N)=O)n1. The van der Waals surface area contributed by atoms with Crippen LogP contribution in [0.5, 0.6) is 0 Å². The fourth-order valence-electron chi connectivity index (χ4n) is 1.20. The lowest BCUT2D eigenvalue weighted by Gasteiger charge is -1.97. The Labute approximate surface area is 97.6 Å². The van der Waals surface area contributed by atoms with Crippen molar-refractivity contribution in [1.29, 1.82) is 5.41 Å². The van der Waals surface area contributed by atoms with Crippen LogP contribution in [0.15, 0.2) is 5.38 Å². The summed E-state index contributed by atoms with van der Waals surface area (Å²) in [6.45, 7) is 0. The first kappa shape index (κ1) is 12.4. The second-order valence-electron chi connectivity index (χ2n) is 3.34. The number of aryl methyl sites for hydroxylation is 1. The van der Waals surface area contributed by atoms with Crippen LogP contribution >= 0.6 is 11.3 Å². The summed E-state index contributed by atoms with van der Waals surface area (Å²) >= 11 is 1.51. The lowest BCUT2D eigenvalue weighted by molar-refractivity contribution is -0.118. The summed E-state index contributed by atoms with van der Waals surface area (Å²) in [5.41, 5.74) is 10.2. The number of nitrogens with one attached hydrogen (secondary N) is 2. The molecule has 1 amide bonds. The van der Waals surface area contributed by atoms with E-state index in [0.717, 1.165) is 24.3 Å². The van der Waals surface area contributed by atoms with E-state index < -0.39 is 0 Å². The number of anilines is 1. The molecule has 1 aromatic rings. The first-order chi connectivity index (χ1) is 7.58. The smallest absolute Gasteiger partial charge is 0.217 e. The highest BCUT2D eigenvalue weighted by Gasteiger charge is 2.02. The van der Waals surface area contributed by atoms with Gasteiger partial charge in [-0.1, -0.05) is 0 Å². The molecule has 16 heavy (non-hydrogen) atoms. The normalized spacial score (nSPS) is 10.0. The van der Waals surface area contributed by atoms with Crippen LogP contribution < -0.4 is 16.8 Å². The van der Waals surface area contributed by atoms with Crippen molar-refractivity contribution >= 4 is 29.0 Å². The van der Waals surface area contributed by atoms with Gasteiger partial charge in [0.15, 0.2) is 5.96 Å². The van der Waals surface area contributed by atoms with E-state index in [4.69, 9.17) is 16.9 Å². The molecule has 6 nitrogen and oxygen atoms in total. The maximum absolute atomic E-state index is 10.5. The second kappa shape index (κ2) is 6.06. The number of hydrogen-bond donors (Lipinski definition) is 4. The number of rotatable bonds is 6. The molecule has 1 aromatic heterocycles. The van der Waals surface area contributed by atoms with Crippen LogP contribution in [-0.2, 0) is 11.2 Å². The van der Waals surface area contributed by atoms with Gasteiger partial charge in [0.2, 0.25) is 5.91 Å². The minimum absolute atomic E-state index is 0.120. The molecule has 0 saturated heterocycles. The van der Waals surface area contributed by atoms with E-state index in [1.807, 2.05) is 5.38 Å². The predicted molar refractivity (Wildman–Crippen MR) is 64.4 cm³/mol. The van der Waals surface area contributed by atoms with Crippen molar-refractivity contribution in [3.05, 3.63) is 10.4 Å². The summed E-state index contributed by atoms with van der Waals surface area (Å²) < 4.78 is 0. The van der Waals surface area contributed by atoms with Crippen LogP contribution in [0.3, 0.4) is 0 Å². The minimum atomic E-state index is -0.266. The van der Waals surface area contributed by atoms with E-state index in [0.29, 0.717) is 12.2 Å². The Hall–Kier alpha value is -1.63. The molecule has 0 unspecified atom stereocenters. The molecule has 0 bridgehead atoms. The van der Waals surface area contributed by atoms with Crippen LogP contribution in [0.2, 0.25) is 0 Å². The Kier molecular flexibility index (Phi) is 4.71. The Morgan fingerprint density at radius 3 is 2.88 bits per heavy atom. The fourth-order valence-corrected chi connectivity index (χ4v) is 1.97. The molecular formula is C9H15N5OS. The third-order valence-corrected chi connectivity index (χ3v) is 2.79. The molecular weight excluding hydrogens is 226 g/mol. The number of unbranched alkanes of at least 4 members (excludes halogenated alkanes) is 1. The number of nitrogens with two attached hydrogens (primary N) is 2. The minimum Gasteiger partial charge on any atom is -0.370 e. The zero-order valence-corrected chi connectivity index (χ0v) is 9.64. The summed E-state index contributed by atoms with van der Waals surface area (Å²) in [5, 5.41) is 12.4. The molecule has 0 atom stereocenters. The van der Waals surface area contributed by atoms with Crippen molar-refractivity contribution in [2.24, 2.45) is 11.5 Å². The van der Waals surface area contributed by atoms with Crippen molar-refractivity contribution in [1.82, 2.24) is 4.98 Å². The van der Waals surface area contributed by atoms with E-state index in [9.17, 15) is 4.79 Å². The first-order valence-corrected chi connectivity index (χ1v) is 5.79. The number of hydrogen-bond acceptors (Lipinski definition) is 4. The molecule has 0 aliphatic rings. The maximum Gasteiger partial charge on any atom is 0.217 e. The third-order valence-electron chi connectivity index (χ3n) is 1.88. The first-order valence-electron chi connectivity index (χ1n) is 4.91. The van der Waals surface area contributed by atoms with Gasteiger partial charge in [-0.2, -0.15) is 0 Å². The monoisotopic (exact) mass is 241 g/mol. The molecule has 1 rings (SSSR count). The van der Waals surface area contributed by atoms with Gasteiger partial charge in [-0.25, -0.2) is 4.98 Å². The number of amides is 1. The van der Waals surface area contributed by atoms with Gasteiger partial charge < -0.3 is 16.8 Å². The van der Waals surface area contributed by atoms with Crippen molar-refractivity contribution in [2.75, 3.05) is 5.32 Å². The van der Waals surface area contributed by atoms with Crippen molar-refractivity contribution < 1.29 is 4.79 Å². The Morgan fingerprint density at radius 2 is 2.25 bits per heavy atom. The van der Waals surface area contributed by atoms with Crippen molar-refractivity contribution in [3.8, 4) is 0 Å². The number of nitrogens with zero attached hydrogens (tertiary/aromatic N) is 1. The van der Waals surface area contributed by atoms with Gasteiger partial charge in [-0.3, -0.25) is 10.2 Å². The fraction of sp³-hybridized carbons (Fsp3) is 0.444. The number of carbonyl (C=O) groups excluding carboxylic acids is 1. The van der Waals surface area contributed by atoms with Crippen LogP contribution in [0, 0.1) is 5.41 Å². The van der Waals surface area contributed by atoms with E-state index in [-0.39, 0.29) is 11.9 Å². The lowest BCUT2D eigenvalue weighted by Crippen LogP contribution is -2.20. The van der Waals surface area contributed by atoms with Gasteiger partial charge in [-0.05, 0) is 19.3 Å². The molecule has 0 fully saturated rings. The summed E-state index contributed by atoms with van der Waals surface area (Å²) in [6, 6.07) is 0. The standard InChI is InChI=1S/C9H15N5OS/c10-6(15)3-1-2-4-8-13-7(5-16-8)14-9(11)12/h5H,1-4H2,(H2,10,15)(H4,11,12,14). The number of guanidine groups is 1. The highest BCUT2D eigenvalue weighted by molar-refractivity contribution is 7.10. The summed E-state index contributed by atoms with van der Waals surface area (Å²) in [6.07, 6.45) is 2.90. The van der Waals surface area contributed by atoms with E-state index in [1.54, 1.807) is 0 Å². The van der Waals surface area contributed by atoms with Gasteiger partial charge in [0, 0.05) is 11.8 Å². The summed E-state index contributed by atoms with van der Waals surface area (Å²) in [7, 11) is 0. The van der Waals surface area contributed by atoms with Gasteiger partial charge in [0.1, 0.15) is 5.82 Å². The number of thiazole rings is 1. The van der Waals surface area contributed by atoms with Crippen LogP contribution in [0.25, 0.3) is 0 Å². The van der Waals surface area contributed by atoms with E-state index in [2.05, 4.69) is 10.3 Å². The molecule has 0 saturated carbocycles. The van der Waals surface area contributed by atoms with Crippen molar-refractivity contribution in [2.45, 2.75) is 25.7 Å². The quantitative estimate of drug-likeness (QED) is 0.332. The molecule has 6 N–H and O–H groups in total. The van der Waals surface area contributed by atoms with Crippen molar-refractivity contribution in [3.63, 3.8) is 0 Å². The molecule has 0 aromatic carbocycles. The second-order valence-corrected chi connectivity index (χ2v) is 4.28. The lowest BCUT2D eigenvalue weighted by atomic mass is 10.2. The summed E-state index contributed by atoms with van der Waals surface area (Å²) in [5.74, 6) is 0.214. The van der Waals surface area contributed by atoms with Crippen LogP contribution in [0.4, 0.5) is 5.82 Å². The molecule has 0 aliphatic carbocycles. The Balaban J connectivity index is 2.29. The zero-order valence-electron chi connectivity index (χ0n) is 8.82. The summed E-state index contributed by atoms with van der Waals surface area (Å²) in [4.78, 5) is 14.7. The van der Waals surface area contributed by atoms with E-state index in [1.165, 1.54) is 11.3 Å². The molecule has 7 heteroatoms. The third kappa shape index (κ3) is 4.74. The number of primary amides is 1. The van der Waals surface area contributed by atoms with Gasteiger partial charge in [-0.15, -0.1) is 11.3 Å². The Morgan fingerprint density at radius 1 is 1.50 bits per heavy atom. The number of aromatic nitrogens is 1. The Bertz CT molecular complexity index is 376. The molecule has 0 spiro atoms. The molecule has 0 radical (unpaired) electrons. The topological polar surface area (TPSA) is 118 Å². The maximum atomic E-state index is 10.5. The molecule has 1 heterocycles. The highest BCUT2D eigenvalue weighted by Crippen LogP contribution is 2.16. The highest BCUT2D eigenvalue weighted by atomic mass is 32.1. The van der Waals surface area contributed by atoms with E-state index >= 15 is 0 Å². The average molecular weight is 241 g/mol. The van der Waals surface area contributed by atoms with Gasteiger partial charge >= 0.3 is 0 Å².